The number of piperidine rings is 1. The number of rotatable bonds is 3. The Morgan fingerprint density at radius 1 is 1.15 bits per heavy atom. The Morgan fingerprint density at radius 2 is 1.93 bits per heavy atom. The first-order valence-corrected chi connectivity index (χ1v) is 9.64. The average Bonchev–Trinajstić information content (AvgIpc) is 2.66. The third kappa shape index (κ3) is 3.26. The van der Waals surface area contributed by atoms with Crippen molar-refractivity contribution in [3.05, 3.63) is 64.0 Å². The number of phenols is 1. The molecule has 2 aromatic carbocycles. The first kappa shape index (κ1) is 17.8. The van der Waals surface area contributed by atoms with Crippen LogP contribution in [-0.2, 0) is 6.54 Å². The summed E-state index contributed by atoms with van der Waals surface area (Å²) in [6, 6.07) is 13.6. The predicted molar refractivity (Wildman–Crippen MR) is 108 cm³/mol. The standard InChI is InChI=1S/C23H25NO3/c1-15-8-6-7-13-24(15)14-19-20(25)12-11-18-16(2)21(23(26)27-22(18)19)17-9-4-3-5-10-17/h3-5,9-12,15,25H,6-8,13-14H2,1-2H3. The Morgan fingerprint density at radius 3 is 2.67 bits per heavy atom. The van der Waals surface area contributed by atoms with Gasteiger partial charge in [-0.1, -0.05) is 36.8 Å². The Balaban J connectivity index is 1.86. The average molecular weight is 363 g/mol. The van der Waals surface area contributed by atoms with E-state index < -0.39 is 0 Å². The molecule has 1 aliphatic rings. The SMILES string of the molecule is Cc1c(-c2ccccc2)c(=O)oc2c(CN3CCCCC3C)c(O)ccc12. The van der Waals surface area contributed by atoms with Gasteiger partial charge in [-0.3, -0.25) is 4.90 Å². The van der Waals surface area contributed by atoms with Crippen LogP contribution in [0.3, 0.4) is 0 Å². The monoisotopic (exact) mass is 363 g/mol. The van der Waals surface area contributed by atoms with Crippen LogP contribution in [0.4, 0.5) is 0 Å². The molecule has 2 heterocycles. The molecule has 1 saturated heterocycles. The highest BCUT2D eigenvalue weighted by molar-refractivity contribution is 5.89. The summed E-state index contributed by atoms with van der Waals surface area (Å²) in [5.41, 5.74) is 3.19. The van der Waals surface area contributed by atoms with Gasteiger partial charge in [0.25, 0.3) is 0 Å². The van der Waals surface area contributed by atoms with Gasteiger partial charge >= 0.3 is 5.63 Å². The molecule has 4 heteroatoms. The third-order valence-corrected chi connectivity index (χ3v) is 5.78. The zero-order valence-electron chi connectivity index (χ0n) is 15.9. The zero-order valence-corrected chi connectivity index (χ0v) is 15.9. The first-order valence-electron chi connectivity index (χ1n) is 9.64. The summed E-state index contributed by atoms with van der Waals surface area (Å²) in [4.78, 5) is 15.2. The predicted octanol–water partition coefficient (Wildman–Crippen LogP) is 4.85. The van der Waals surface area contributed by atoms with Crippen molar-refractivity contribution < 1.29 is 9.52 Å². The van der Waals surface area contributed by atoms with E-state index in [0.717, 1.165) is 35.9 Å². The molecule has 0 saturated carbocycles. The normalized spacial score (nSPS) is 18.1. The number of hydrogen-bond acceptors (Lipinski definition) is 4. The molecule has 27 heavy (non-hydrogen) atoms. The fourth-order valence-corrected chi connectivity index (χ4v) is 4.15. The summed E-state index contributed by atoms with van der Waals surface area (Å²) in [5, 5.41) is 11.4. The first-order chi connectivity index (χ1) is 13.1. The van der Waals surface area contributed by atoms with Crippen LogP contribution >= 0.6 is 0 Å². The second-order valence-electron chi connectivity index (χ2n) is 7.51. The van der Waals surface area contributed by atoms with Crippen LogP contribution in [0, 0.1) is 6.92 Å². The van der Waals surface area contributed by atoms with E-state index in [-0.39, 0.29) is 11.4 Å². The Kier molecular flexibility index (Phi) is 4.75. The summed E-state index contributed by atoms with van der Waals surface area (Å²) < 4.78 is 5.77. The van der Waals surface area contributed by atoms with Crippen molar-refractivity contribution in [1.29, 1.82) is 0 Å². The van der Waals surface area contributed by atoms with Gasteiger partial charge < -0.3 is 9.52 Å². The lowest BCUT2D eigenvalue weighted by Crippen LogP contribution is -2.36. The molecule has 0 spiro atoms. The maximum atomic E-state index is 12.8. The van der Waals surface area contributed by atoms with Gasteiger partial charge in [0, 0.05) is 18.0 Å². The molecule has 1 fully saturated rings. The molecule has 3 aromatic rings. The van der Waals surface area contributed by atoms with Gasteiger partial charge in [-0.15, -0.1) is 0 Å². The number of hydrogen-bond donors (Lipinski definition) is 1. The van der Waals surface area contributed by atoms with Gasteiger partial charge in [0.15, 0.2) is 0 Å². The number of aryl methyl sites for hydroxylation is 1. The van der Waals surface area contributed by atoms with Crippen LogP contribution in [-0.4, -0.2) is 22.6 Å². The van der Waals surface area contributed by atoms with Gasteiger partial charge in [0.1, 0.15) is 11.3 Å². The molecule has 0 amide bonds. The van der Waals surface area contributed by atoms with Gasteiger partial charge in [-0.2, -0.15) is 0 Å². The van der Waals surface area contributed by atoms with Crippen molar-refractivity contribution in [2.24, 2.45) is 0 Å². The van der Waals surface area contributed by atoms with Crippen LogP contribution in [0.5, 0.6) is 5.75 Å². The lowest BCUT2D eigenvalue weighted by Gasteiger charge is -2.33. The van der Waals surface area contributed by atoms with Crippen LogP contribution in [0.1, 0.15) is 37.3 Å². The lowest BCUT2D eigenvalue weighted by atomic mass is 9.97. The number of phenolic OH excluding ortho intramolecular Hbond substituents is 1. The van der Waals surface area contributed by atoms with Crippen LogP contribution in [0.25, 0.3) is 22.1 Å². The van der Waals surface area contributed by atoms with E-state index in [2.05, 4.69) is 11.8 Å². The number of likely N-dealkylation sites (tertiary alicyclic amines) is 1. The van der Waals surface area contributed by atoms with Crippen molar-refractivity contribution in [1.82, 2.24) is 4.90 Å². The summed E-state index contributed by atoms with van der Waals surface area (Å²) in [6.07, 6.45) is 3.57. The van der Waals surface area contributed by atoms with E-state index in [1.54, 1.807) is 6.07 Å². The summed E-state index contributed by atoms with van der Waals surface area (Å²) in [5.74, 6) is 0.190. The minimum Gasteiger partial charge on any atom is -0.507 e. The molecule has 0 bridgehead atoms. The Labute approximate surface area is 159 Å². The molecule has 140 valence electrons. The quantitative estimate of drug-likeness (QED) is 0.676. The molecular formula is C23H25NO3. The Bertz CT molecular complexity index is 1020. The summed E-state index contributed by atoms with van der Waals surface area (Å²) in [6.45, 7) is 5.77. The van der Waals surface area contributed by atoms with E-state index in [0.29, 0.717) is 29.3 Å². The van der Waals surface area contributed by atoms with Crippen molar-refractivity contribution in [2.45, 2.75) is 45.7 Å². The van der Waals surface area contributed by atoms with Crippen molar-refractivity contribution in [3.8, 4) is 16.9 Å². The number of nitrogens with zero attached hydrogens (tertiary/aromatic N) is 1. The zero-order chi connectivity index (χ0) is 19.0. The van der Waals surface area contributed by atoms with Crippen molar-refractivity contribution in [2.75, 3.05) is 6.54 Å². The van der Waals surface area contributed by atoms with Crippen LogP contribution in [0.15, 0.2) is 51.7 Å². The largest absolute Gasteiger partial charge is 0.507 e. The maximum Gasteiger partial charge on any atom is 0.344 e. The molecule has 0 radical (unpaired) electrons. The molecular weight excluding hydrogens is 338 g/mol. The van der Waals surface area contributed by atoms with Crippen molar-refractivity contribution in [3.63, 3.8) is 0 Å². The highest BCUT2D eigenvalue weighted by Crippen LogP contribution is 2.34. The topological polar surface area (TPSA) is 53.7 Å². The van der Waals surface area contributed by atoms with Crippen LogP contribution < -0.4 is 5.63 Å². The van der Waals surface area contributed by atoms with Gasteiger partial charge in [0.05, 0.1) is 11.1 Å². The fourth-order valence-electron chi connectivity index (χ4n) is 4.15. The molecule has 4 rings (SSSR count). The molecule has 1 unspecified atom stereocenters. The highest BCUT2D eigenvalue weighted by Gasteiger charge is 2.23. The smallest absolute Gasteiger partial charge is 0.344 e. The summed E-state index contributed by atoms with van der Waals surface area (Å²) >= 11 is 0. The lowest BCUT2D eigenvalue weighted by molar-refractivity contribution is 0.151. The second kappa shape index (κ2) is 7.20. The second-order valence-corrected chi connectivity index (χ2v) is 7.51. The van der Waals surface area contributed by atoms with Gasteiger partial charge in [0.2, 0.25) is 0 Å². The fraction of sp³-hybridized carbons (Fsp3) is 0.348. The minimum absolute atomic E-state index is 0.190. The molecule has 0 aliphatic carbocycles. The van der Waals surface area contributed by atoms with Crippen LogP contribution in [0.2, 0.25) is 0 Å². The van der Waals surface area contributed by atoms with E-state index in [9.17, 15) is 9.90 Å². The molecule has 1 aromatic heterocycles. The Hall–Kier alpha value is -2.59. The minimum atomic E-state index is -0.357. The maximum absolute atomic E-state index is 12.8. The molecule has 4 nitrogen and oxygen atoms in total. The molecule has 1 atom stereocenters. The van der Waals surface area contributed by atoms with E-state index in [4.69, 9.17) is 4.42 Å². The van der Waals surface area contributed by atoms with E-state index >= 15 is 0 Å². The van der Waals surface area contributed by atoms with E-state index in [1.807, 2.05) is 43.3 Å². The number of benzene rings is 2. The van der Waals surface area contributed by atoms with Gasteiger partial charge in [-0.05, 0) is 56.5 Å². The number of aromatic hydroxyl groups is 1. The summed E-state index contributed by atoms with van der Waals surface area (Å²) in [7, 11) is 0. The highest BCUT2D eigenvalue weighted by atomic mass is 16.4. The van der Waals surface area contributed by atoms with Gasteiger partial charge in [-0.25, -0.2) is 4.79 Å². The molecule has 1 aliphatic heterocycles. The third-order valence-electron chi connectivity index (χ3n) is 5.78. The molecule has 1 N–H and O–H groups in total. The number of fused-ring (bicyclic) bond motifs is 1. The van der Waals surface area contributed by atoms with E-state index in [1.165, 1.54) is 6.42 Å². The van der Waals surface area contributed by atoms with Crippen molar-refractivity contribution >= 4 is 11.0 Å².